The van der Waals surface area contributed by atoms with E-state index in [1.54, 1.807) is 19.2 Å². The van der Waals surface area contributed by atoms with Crippen molar-refractivity contribution in [1.82, 2.24) is 0 Å². The molecular weight excluding hydrogens is 212 g/mol. The van der Waals surface area contributed by atoms with Gasteiger partial charge in [-0.2, -0.15) is 0 Å². The van der Waals surface area contributed by atoms with Gasteiger partial charge in [0.1, 0.15) is 11.5 Å². The van der Waals surface area contributed by atoms with E-state index in [0.29, 0.717) is 0 Å². The summed E-state index contributed by atoms with van der Waals surface area (Å²) >= 11 is 0. The summed E-state index contributed by atoms with van der Waals surface area (Å²) in [5, 5.41) is 9.94. The van der Waals surface area contributed by atoms with E-state index in [1.165, 1.54) is 5.56 Å². The molecule has 2 rings (SSSR count). The van der Waals surface area contributed by atoms with Gasteiger partial charge in [-0.15, -0.1) is 0 Å². The van der Waals surface area contributed by atoms with Crippen LogP contribution in [0, 0.1) is 13.8 Å². The van der Waals surface area contributed by atoms with E-state index in [0.717, 1.165) is 22.4 Å². The van der Waals surface area contributed by atoms with Gasteiger partial charge in [0.05, 0.1) is 7.11 Å². The van der Waals surface area contributed by atoms with Crippen LogP contribution in [0.15, 0.2) is 36.4 Å². The van der Waals surface area contributed by atoms with Crippen LogP contribution in [0.1, 0.15) is 11.1 Å². The molecule has 0 heterocycles. The number of methoxy groups -OCH3 is 1. The topological polar surface area (TPSA) is 29.5 Å². The Morgan fingerprint density at radius 2 is 1.71 bits per heavy atom. The third-order valence-electron chi connectivity index (χ3n) is 2.89. The molecule has 1 N–H and O–H groups in total. The third kappa shape index (κ3) is 2.26. The average Bonchev–Trinajstić information content (AvgIpc) is 2.33. The standard InChI is InChI=1S/C15H16O2/c1-10-4-5-11(2)13(8-10)14-9-12(17-3)6-7-15(14)16/h4-9,16H,1-3H3. The lowest BCUT2D eigenvalue weighted by molar-refractivity contribution is 0.412. The summed E-state index contributed by atoms with van der Waals surface area (Å²) in [6.45, 7) is 4.08. The SMILES string of the molecule is COc1ccc(O)c(-c2cc(C)ccc2C)c1. The predicted molar refractivity (Wildman–Crippen MR) is 69.6 cm³/mol. The number of phenols is 1. The zero-order valence-corrected chi connectivity index (χ0v) is 10.3. The molecule has 2 aromatic rings. The van der Waals surface area contributed by atoms with Crippen molar-refractivity contribution in [3.63, 3.8) is 0 Å². The number of hydrogen-bond donors (Lipinski definition) is 1. The minimum Gasteiger partial charge on any atom is -0.507 e. The summed E-state index contributed by atoms with van der Waals surface area (Å²) in [5.41, 5.74) is 4.17. The minimum absolute atomic E-state index is 0.277. The molecule has 0 aliphatic heterocycles. The van der Waals surface area contributed by atoms with Gasteiger partial charge in [-0.1, -0.05) is 23.8 Å². The molecule has 2 heteroatoms. The molecule has 2 aromatic carbocycles. The lowest BCUT2D eigenvalue weighted by Gasteiger charge is -2.11. The van der Waals surface area contributed by atoms with Crippen molar-refractivity contribution in [3.8, 4) is 22.6 Å². The van der Waals surface area contributed by atoms with Gasteiger partial charge in [0.2, 0.25) is 0 Å². The van der Waals surface area contributed by atoms with Crippen molar-refractivity contribution in [2.45, 2.75) is 13.8 Å². The molecular formula is C15H16O2. The highest BCUT2D eigenvalue weighted by Crippen LogP contribution is 2.34. The van der Waals surface area contributed by atoms with Crippen LogP contribution < -0.4 is 4.74 Å². The Morgan fingerprint density at radius 1 is 0.941 bits per heavy atom. The molecule has 0 saturated heterocycles. The van der Waals surface area contributed by atoms with Crippen molar-refractivity contribution in [2.24, 2.45) is 0 Å². The first-order chi connectivity index (χ1) is 8.11. The first-order valence-electron chi connectivity index (χ1n) is 5.56. The Hall–Kier alpha value is -1.96. The normalized spacial score (nSPS) is 10.3. The summed E-state index contributed by atoms with van der Waals surface area (Å²) in [7, 11) is 1.62. The Balaban J connectivity index is 2.62. The Kier molecular flexibility index (Phi) is 3.05. The van der Waals surface area contributed by atoms with E-state index in [2.05, 4.69) is 18.2 Å². The molecule has 0 radical (unpaired) electrons. The van der Waals surface area contributed by atoms with E-state index in [1.807, 2.05) is 19.9 Å². The van der Waals surface area contributed by atoms with Crippen LogP contribution in [0.2, 0.25) is 0 Å². The van der Waals surface area contributed by atoms with Crippen LogP contribution >= 0.6 is 0 Å². The van der Waals surface area contributed by atoms with Crippen LogP contribution in [-0.4, -0.2) is 12.2 Å². The molecule has 0 fully saturated rings. The second kappa shape index (κ2) is 4.50. The van der Waals surface area contributed by atoms with Crippen LogP contribution in [0.5, 0.6) is 11.5 Å². The predicted octanol–water partition coefficient (Wildman–Crippen LogP) is 3.68. The van der Waals surface area contributed by atoms with E-state index < -0.39 is 0 Å². The molecule has 0 aromatic heterocycles. The Bertz CT molecular complexity index is 545. The summed E-state index contributed by atoms with van der Waals surface area (Å²) in [4.78, 5) is 0. The minimum atomic E-state index is 0.277. The fraction of sp³-hybridized carbons (Fsp3) is 0.200. The number of rotatable bonds is 2. The molecule has 0 bridgehead atoms. The lowest BCUT2D eigenvalue weighted by atomic mass is 9.97. The van der Waals surface area contributed by atoms with Gasteiger partial charge in [-0.25, -0.2) is 0 Å². The summed E-state index contributed by atoms with van der Waals surface area (Å²) in [6, 6.07) is 11.5. The highest BCUT2D eigenvalue weighted by Gasteiger charge is 2.08. The maximum atomic E-state index is 9.94. The van der Waals surface area contributed by atoms with E-state index in [-0.39, 0.29) is 5.75 Å². The third-order valence-corrected chi connectivity index (χ3v) is 2.89. The van der Waals surface area contributed by atoms with Crippen LogP contribution in [0.3, 0.4) is 0 Å². The van der Waals surface area contributed by atoms with Crippen molar-refractivity contribution in [1.29, 1.82) is 0 Å². The zero-order chi connectivity index (χ0) is 12.4. The molecule has 88 valence electrons. The van der Waals surface area contributed by atoms with Crippen molar-refractivity contribution in [3.05, 3.63) is 47.5 Å². The number of benzene rings is 2. The highest BCUT2D eigenvalue weighted by molar-refractivity contribution is 5.74. The first kappa shape index (κ1) is 11.5. The molecule has 17 heavy (non-hydrogen) atoms. The van der Waals surface area contributed by atoms with E-state index in [4.69, 9.17) is 4.74 Å². The fourth-order valence-corrected chi connectivity index (χ4v) is 1.88. The molecule has 0 spiro atoms. The largest absolute Gasteiger partial charge is 0.507 e. The summed E-state index contributed by atoms with van der Waals surface area (Å²) in [5.74, 6) is 1.03. The van der Waals surface area contributed by atoms with Crippen LogP contribution in [-0.2, 0) is 0 Å². The Morgan fingerprint density at radius 3 is 2.41 bits per heavy atom. The zero-order valence-electron chi connectivity index (χ0n) is 10.3. The summed E-state index contributed by atoms with van der Waals surface area (Å²) in [6.07, 6.45) is 0. The first-order valence-corrected chi connectivity index (χ1v) is 5.56. The molecule has 0 aliphatic rings. The van der Waals surface area contributed by atoms with Crippen molar-refractivity contribution < 1.29 is 9.84 Å². The number of aromatic hydroxyl groups is 1. The number of ether oxygens (including phenoxy) is 1. The van der Waals surface area contributed by atoms with Crippen molar-refractivity contribution in [2.75, 3.05) is 7.11 Å². The monoisotopic (exact) mass is 228 g/mol. The Labute approximate surface area is 101 Å². The lowest BCUT2D eigenvalue weighted by Crippen LogP contribution is -1.88. The van der Waals surface area contributed by atoms with Gasteiger partial charge in [0.25, 0.3) is 0 Å². The van der Waals surface area contributed by atoms with Gasteiger partial charge in [0.15, 0.2) is 0 Å². The van der Waals surface area contributed by atoms with Gasteiger partial charge >= 0.3 is 0 Å². The fourth-order valence-electron chi connectivity index (χ4n) is 1.88. The van der Waals surface area contributed by atoms with Gasteiger partial charge in [-0.05, 0) is 43.2 Å². The number of phenolic OH excluding ortho intramolecular Hbond substituents is 1. The van der Waals surface area contributed by atoms with Crippen LogP contribution in [0.25, 0.3) is 11.1 Å². The quantitative estimate of drug-likeness (QED) is 0.849. The molecule has 0 unspecified atom stereocenters. The maximum Gasteiger partial charge on any atom is 0.123 e. The smallest absolute Gasteiger partial charge is 0.123 e. The number of hydrogen-bond acceptors (Lipinski definition) is 2. The second-order valence-electron chi connectivity index (χ2n) is 4.20. The average molecular weight is 228 g/mol. The molecule has 0 atom stereocenters. The van der Waals surface area contributed by atoms with Crippen molar-refractivity contribution >= 4 is 0 Å². The van der Waals surface area contributed by atoms with E-state index in [9.17, 15) is 5.11 Å². The molecule has 0 aliphatic carbocycles. The molecule has 2 nitrogen and oxygen atoms in total. The maximum absolute atomic E-state index is 9.94. The molecule has 0 amide bonds. The van der Waals surface area contributed by atoms with Gasteiger partial charge in [-0.3, -0.25) is 0 Å². The molecule has 0 saturated carbocycles. The summed E-state index contributed by atoms with van der Waals surface area (Å²) < 4.78 is 5.19. The van der Waals surface area contributed by atoms with Gasteiger partial charge < -0.3 is 9.84 Å². The second-order valence-corrected chi connectivity index (χ2v) is 4.20. The van der Waals surface area contributed by atoms with Crippen LogP contribution in [0.4, 0.5) is 0 Å². The highest BCUT2D eigenvalue weighted by atomic mass is 16.5. The van der Waals surface area contributed by atoms with Gasteiger partial charge in [0, 0.05) is 5.56 Å². The van der Waals surface area contributed by atoms with E-state index >= 15 is 0 Å². The number of aryl methyl sites for hydroxylation is 2.